The number of hydrogen-bond acceptors (Lipinski definition) is 3. The van der Waals surface area contributed by atoms with Gasteiger partial charge in [-0.3, -0.25) is 4.79 Å². The lowest BCUT2D eigenvalue weighted by atomic mass is 10.4. The van der Waals surface area contributed by atoms with Crippen LogP contribution in [0, 0.1) is 0 Å². The van der Waals surface area contributed by atoms with E-state index in [1.807, 2.05) is 0 Å². The molecule has 0 aromatic carbocycles. The first-order valence-electron chi connectivity index (χ1n) is 4.86. The van der Waals surface area contributed by atoms with Gasteiger partial charge >= 0.3 is 0 Å². The Bertz CT molecular complexity index is 318. The molecule has 1 rings (SSSR count). The number of nitrogens with zero attached hydrogens (tertiary/aromatic N) is 1. The van der Waals surface area contributed by atoms with Gasteiger partial charge in [-0.15, -0.1) is 11.6 Å². The Hall–Kier alpha value is -0.330. The Morgan fingerprint density at radius 1 is 1.47 bits per heavy atom. The van der Waals surface area contributed by atoms with Crippen molar-refractivity contribution in [3.8, 4) is 0 Å². The number of halogens is 1. The standard InChI is InChI=1S/C8H15ClN2O3S/c9-7-15(13,14)10-4-2-6-11-5-1-3-8(11)12/h10H,1-7H2. The second kappa shape index (κ2) is 5.67. The van der Waals surface area contributed by atoms with Gasteiger partial charge in [0, 0.05) is 26.1 Å². The summed E-state index contributed by atoms with van der Waals surface area (Å²) in [5, 5.41) is -0.421. The van der Waals surface area contributed by atoms with E-state index in [4.69, 9.17) is 11.6 Å². The molecular weight excluding hydrogens is 240 g/mol. The fraction of sp³-hybridized carbons (Fsp3) is 0.875. The van der Waals surface area contributed by atoms with E-state index >= 15 is 0 Å². The van der Waals surface area contributed by atoms with Crippen molar-refractivity contribution in [2.75, 3.05) is 24.8 Å². The van der Waals surface area contributed by atoms with Gasteiger partial charge in [0.25, 0.3) is 0 Å². The number of carbonyl (C=O) groups is 1. The van der Waals surface area contributed by atoms with Crippen LogP contribution in [0.5, 0.6) is 0 Å². The number of alkyl halides is 1. The van der Waals surface area contributed by atoms with Crippen LogP contribution in [-0.2, 0) is 14.8 Å². The minimum atomic E-state index is -3.32. The summed E-state index contributed by atoms with van der Waals surface area (Å²) in [6, 6.07) is 0. The van der Waals surface area contributed by atoms with E-state index in [1.165, 1.54) is 0 Å². The molecule has 1 aliphatic rings. The minimum Gasteiger partial charge on any atom is -0.343 e. The summed E-state index contributed by atoms with van der Waals surface area (Å²) in [6.45, 7) is 1.74. The lowest BCUT2D eigenvalue weighted by Gasteiger charge is -2.14. The number of amides is 1. The number of sulfonamides is 1. The van der Waals surface area contributed by atoms with Gasteiger partial charge in [-0.1, -0.05) is 0 Å². The molecule has 1 heterocycles. The molecule has 0 unspecified atom stereocenters. The van der Waals surface area contributed by atoms with Crippen molar-refractivity contribution >= 4 is 27.5 Å². The Labute approximate surface area is 94.8 Å². The second-order valence-corrected chi connectivity index (χ2v) is 5.85. The van der Waals surface area contributed by atoms with E-state index in [-0.39, 0.29) is 5.91 Å². The topological polar surface area (TPSA) is 66.5 Å². The van der Waals surface area contributed by atoms with Crippen molar-refractivity contribution in [2.45, 2.75) is 19.3 Å². The first-order valence-corrected chi connectivity index (χ1v) is 7.05. The fourth-order valence-corrected chi connectivity index (χ4v) is 2.24. The van der Waals surface area contributed by atoms with Crippen LogP contribution in [0.2, 0.25) is 0 Å². The van der Waals surface area contributed by atoms with Crippen molar-refractivity contribution in [1.82, 2.24) is 9.62 Å². The summed E-state index contributed by atoms with van der Waals surface area (Å²) in [5.41, 5.74) is 0. The number of carbonyl (C=O) groups excluding carboxylic acids is 1. The highest BCUT2D eigenvalue weighted by Crippen LogP contribution is 2.09. The summed E-state index contributed by atoms with van der Waals surface area (Å²) in [4.78, 5) is 12.9. The van der Waals surface area contributed by atoms with Crippen LogP contribution >= 0.6 is 11.6 Å². The quantitative estimate of drug-likeness (QED) is 0.541. The first kappa shape index (κ1) is 12.7. The minimum absolute atomic E-state index is 0.162. The monoisotopic (exact) mass is 254 g/mol. The molecule has 0 saturated carbocycles. The van der Waals surface area contributed by atoms with E-state index in [0.29, 0.717) is 25.9 Å². The highest BCUT2D eigenvalue weighted by Gasteiger charge is 2.19. The van der Waals surface area contributed by atoms with Gasteiger partial charge in [0.2, 0.25) is 15.9 Å². The lowest BCUT2D eigenvalue weighted by Crippen LogP contribution is -2.31. The predicted octanol–water partition coefficient (Wildman–Crippen LogP) is 0.115. The van der Waals surface area contributed by atoms with E-state index < -0.39 is 15.2 Å². The van der Waals surface area contributed by atoms with Crippen molar-refractivity contribution in [3.63, 3.8) is 0 Å². The van der Waals surface area contributed by atoms with E-state index in [9.17, 15) is 13.2 Å². The average Bonchev–Trinajstić information content (AvgIpc) is 2.59. The van der Waals surface area contributed by atoms with Crippen molar-refractivity contribution < 1.29 is 13.2 Å². The van der Waals surface area contributed by atoms with Crippen LogP contribution in [0.15, 0.2) is 0 Å². The van der Waals surface area contributed by atoms with Crippen LogP contribution in [-0.4, -0.2) is 44.1 Å². The van der Waals surface area contributed by atoms with E-state index in [2.05, 4.69) is 4.72 Å². The Morgan fingerprint density at radius 2 is 2.20 bits per heavy atom. The molecule has 1 saturated heterocycles. The number of hydrogen-bond donors (Lipinski definition) is 1. The van der Waals surface area contributed by atoms with Crippen LogP contribution in [0.1, 0.15) is 19.3 Å². The molecule has 1 amide bonds. The summed E-state index contributed by atoms with van der Waals surface area (Å²) in [7, 11) is -3.32. The van der Waals surface area contributed by atoms with Gasteiger partial charge < -0.3 is 4.90 Å². The Morgan fingerprint density at radius 3 is 2.73 bits per heavy atom. The normalized spacial score (nSPS) is 17.4. The summed E-state index contributed by atoms with van der Waals surface area (Å²) in [6.07, 6.45) is 2.15. The Kier molecular flexibility index (Phi) is 4.82. The van der Waals surface area contributed by atoms with E-state index in [0.717, 1.165) is 13.0 Å². The molecule has 0 atom stereocenters. The number of rotatable bonds is 6. The third kappa shape index (κ3) is 4.36. The molecule has 0 aromatic rings. The second-order valence-electron chi connectivity index (χ2n) is 3.46. The molecule has 7 heteroatoms. The molecule has 1 N–H and O–H groups in total. The average molecular weight is 255 g/mol. The largest absolute Gasteiger partial charge is 0.343 e. The lowest BCUT2D eigenvalue weighted by molar-refractivity contribution is -0.127. The van der Waals surface area contributed by atoms with Crippen molar-refractivity contribution in [2.24, 2.45) is 0 Å². The number of likely N-dealkylation sites (tertiary alicyclic amines) is 1. The van der Waals surface area contributed by atoms with Gasteiger partial charge in [0.05, 0.1) is 0 Å². The molecule has 88 valence electrons. The summed E-state index contributed by atoms with van der Waals surface area (Å²) in [5.74, 6) is 0.162. The van der Waals surface area contributed by atoms with E-state index in [1.54, 1.807) is 4.90 Å². The molecule has 0 bridgehead atoms. The van der Waals surface area contributed by atoms with Crippen molar-refractivity contribution in [3.05, 3.63) is 0 Å². The molecule has 0 aromatic heterocycles. The molecule has 0 radical (unpaired) electrons. The Balaban J connectivity index is 2.14. The molecule has 0 aliphatic carbocycles. The zero-order valence-corrected chi connectivity index (χ0v) is 9.98. The molecule has 5 nitrogen and oxygen atoms in total. The third-order valence-electron chi connectivity index (χ3n) is 2.24. The molecule has 1 fully saturated rings. The molecule has 15 heavy (non-hydrogen) atoms. The van der Waals surface area contributed by atoms with Crippen LogP contribution in [0.25, 0.3) is 0 Å². The van der Waals surface area contributed by atoms with Gasteiger partial charge in [-0.25, -0.2) is 13.1 Å². The summed E-state index contributed by atoms with van der Waals surface area (Å²) < 4.78 is 24.2. The maximum Gasteiger partial charge on any atom is 0.225 e. The fourth-order valence-electron chi connectivity index (χ4n) is 1.48. The number of nitrogens with one attached hydrogen (secondary N) is 1. The maximum absolute atomic E-state index is 11.2. The van der Waals surface area contributed by atoms with Crippen molar-refractivity contribution in [1.29, 1.82) is 0 Å². The van der Waals surface area contributed by atoms with Gasteiger partial charge in [-0.2, -0.15) is 0 Å². The molecular formula is C8H15ClN2O3S. The molecule has 1 aliphatic heterocycles. The first-order chi connectivity index (χ1) is 7.05. The highest BCUT2D eigenvalue weighted by atomic mass is 35.5. The maximum atomic E-state index is 11.2. The predicted molar refractivity (Wildman–Crippen MR) is 58.1 cm³/mol. The van der Waals surface area contributed by atoms with Gasteiger partial charge in [-0.05, 0) is 12.8 Å². The summed E-state index contributed by atoms with van der Waals surface area (Å²) >= 11 is 5.21. The van der Waals surface area contributed by atoms with Crippen LogP contribution < -0.4 is 4.72 Å². The third-order valence-corrected chi connectivity index (χ3v) is 4.03. The van der Waals surface area contributed by atoms with Crippen LogP contribution in [0.3, 0.4) is 0 Å². The SMILES string of the molecule is O=C1CCCN1CCCNS(=O)(=O)CCl. The highest BCUT2D eigenvalue weighted by molar-refractivity contribution is 7.90. The zero-order valence-electron chi connectivity index (χ0n) is 8.41. The van der Waals surface area contributed by atoms with Crippen LogP contribution in [0.4, 0.5) is 0 Å². The zero-order chi connectivity index (χ0) is 11.3. The smallest absolute Gasteiger partial charge is 0.225 e. The molecule has 0 spiro atoms. The van der Waals surface area contributed by atoms with Gasteiger partial charge in [0.15, 0.2) is 0 Å². The van der Waals surface area contributed by atoms with Gasteiger partial charge in [0.1, 0.15) is 5.21 Å².